The van der Waals surface area contributed by atoms with Crippen molar-refractivity contribution in [1.82, 2.24) is 4.90 Å². The molecule has 1 aromatic rings. The van der Waals surface area contributed by atoms with Gasteiger partial charge in [0.1, 0.15) is 0 Å². The lowest BCUT2D eigenvalue weighted by Crippen LogP contribution is -2.30. The van der Waals surface area contributed by atoms with Gasteiger partial charge in [0.15, 0.2) is 0 Å². The summed E-state index contributed by atoms with van der Waals surface area (Å²) in [6, 6.07) is 7.31. The van der Waals surface area contributed by atoms with E-state index >= 15 is 0 Å². The highest BCUT2D eigenvalue weighted by Crippen LogP contribution is 2.24. The van der Waals surface area contributed by atoms with Gasteiger partial charge in [-0.25, -0.2) is 0 Å². The van der Waals surface area contributed by atoms with Crippen LogP contribution in [0.2, 0.25) is 0 Å². The van der Waals surface area contributed by atoms with Crippen molar-refractivity contribution in [3.05, 3.63) is 33.8 Å². The summed E-state index contributed by atoms with van der Waals surface area (Å²) in [5.74, 6) is 0. The number of nitrogens with zero attached hydrogens (tertiary/aromatic N) is 1. The molecule has 1 aliphatic rings. The number of alkyl halides is 1. The van der Waals surface area contributed by atoms with E-state index in [0.717, 1.165) is 17.9 Å². The van der Waals surface area contributed by atoms with E-state index in [9.17, 15) is 0 Å². The molecule has 0 amide bonds. The molecule has 3 heteroatoms. The molecular formula is C13H17Br2N. The van der Waals surface area contributed by atoms with Gasteiger partial charge in [-0.1, -0.05) is 37.9 Å². The zero-order chi connectivity index (χ0) is 11.5. The Labute approximate surface area is 114 Å². The van der Waals surface area contributed by atoms with Crippen LogP contribution in [-0.2, 0) is 6.54 Å². The predicted octanol–water partition coefficient (Wildman–Crippen LogP) is 4.12. The minimum atomic E-state index is 0.725. The Balaban J connectivity index is 2.08. The van der Waals surface area contributed by atoms with Gasteiger partial charge in [-0.05, 0) is 49.6 Å². The van der Waals surface area contributed by atoms with Crippen molar-refractivity contribution in [2.24, 2.45) is 0 Å². The largest absolute Gasteiger partial charge is 0.295 e. The second-order valence-electron chi connectivity index (χ2n) is 4.49. The molecule has 0 unspecified atom stereocenters. The molecule has 1 aliphatic heterocycles. The number of aryl methyl sites for hydroxylation is 1. The third-order valence-corrected chi connectivity index (χ3v) is 4.60. The number of benzene rings is 1. The van der Waals surface area contributed by atoms with Gasteiger partial charge in [-0.15, -0.1) is 0 Å². The van der Waals surface area contributed by atoms with Crippen LogP contribution in [0.1, 0.15) is 24.0 Å². The van der Waals surface area contributed by atoms with Crippen molar-refractivity contribution in [1.29, 1.82) is 0 Å². The van der Waals surface area contributed by atoms with E-state index in [0.29, 0.717) is 0 Å². The Morgan fingerprint density at radius 3 is 2.94 bits per heavy atom. The lowest BCUT2D eigenvalue weighted by atomic mass is 10.1. The summed E-state index contributed by atoms with van der Waals surface area (Å²) in [7, 11) is 0. The quantitative estimate of drug-likeness (QED) is 0.744. The van der Waals surface area contributed by atoms with Gasteiger partial charge in [0, 0.05) is 22.4 Å². The zero-order valence-corrected chi connectivity index (χ0v) is 12.7. The third-order valence-electron chi connectivity index (χ3n) is 3.36. The van der Waals surface area contributed by atoms with Crippen LogP contribution in [0.3, 0.4) is 0 Å². The second-order valence-corrected chi connectivity index (χ2v) is 6.05. The van der Waals surface area contributed by atoms with Gasteiger partial charge in [-0.3, -0.25) is 4.90 Å². The van der Waals surface area contributed by atoms with Crippen molar-refractivity contribution in [2.45, 2.75) is 32.4 Å². The summed E-state index contributed by atoms with van der Waals surface area (Å²) in [6.07, 6.45) is 2.67. The smallest absolute Gasteiger partial charge is 0.0239 e. The Morgan fingerprint density at radius 1 is 1.44 bits per heavy atom. The summed E-state index contributed by atoms with van der Waals surface area (Å²) in [5.41, 5.74) is 2.84. The first-order chi connectivity index (χ1) is 7.70. The average molecular weight is 347 g/mol. The van der Waals surface area contributed by atoms with Crippen LogP contribution in [0.4, 0.5) is 0 Å². The highest BCUT2D eigenvalue weighted by Gasteiger charge is 2.23. The normalized spacial score (nSPS) is 21.6. The third kappa shape index (κ3) is 2.88. The SMILES string of the molecule is Cc1cc(Br)ccc1CN1CCC[C@@H]1CBr. The fourth-order valence-electron chi connectivity index (χ4n) is 2.33. The van der Waals surface area contributed by atoms with Gasteiger partial charge in [0.05, 0.1) is 0 Å². The van der Waals surface area contributed by atoms with Gasteiger partial charge >= 0.3 is 0 Å². The van der Waals surface area contributed by atoms with Gasteiger partial charge in [0.2, 0.25) is 0 Å². The van der Waals surface area contributed by atoms with Crippen LogP contribution >= 0.6 is 31.9 Å². The maximum Gasteiger partial charge on any atom is 0.0239 e. The Hall–Kier alpha value is 0.140. The number of rotatable bonds is 3. The first-order valence-electron chi connectivity index (χ1n) is 5.75. The fourth-order valence-corrected chi connectivity index (χ4v) is 3.54. The number of hydrogen-bond acceptors (Lipinski definition) is 1. The van der Waals surface area contributed by atoms with Crippen LogP contribution in [0.5, 0.6) is 0 Å². The molecule has 1 atom stereocenters. The van der Waals surface area contributed by atoms with Gasteiger partial charge in [0.25, 0.3) is 0 Å². The standard InChI is InChI=1S/C13H17Br2N/c1-10-7-12(15)5-4-11(10)9-16-6-2-3-13(16)8-14/h4-5,7,13H,2-3,6,8-9H2,1H3/t13-/m1/s1. The van der Waals surface area contributed by atoms with Crippen LogP contribution in [0.25, 0.3) is 0 Å². The maximum absolute atomic E-state index is 3.61. The van der Waals surface area contributed by atoms with Crippen molar-refractivity contribution in [3.63, 3.8) is 0 Å². The lowest BCUT2D eigenvalue weighted by molar-refractivity contribution is 0.264. The molecule has 2 rings (SSSR count). The van der Waals surface area contributed by atoms with Crippen molar-refractivity contribution in [3.8, 4) is 0 Å². The van der Waals surface area contributed by atoms with Crippen molar-refractivity contribution in [2.75, 3.05) is 11.9 Å². The van der Waals surface area contributed by atoms with E-state index in [1.54, 1.807) is 0 Å². The number of halogens is 2. The average Bonchev–Trinajstić information content (AvgIpc) is 2.69. The van der Waals surface area contributed by atoms with E-state index in [2.05, 4.69) is 61.9 Å². The molecule has 0 aliphatic carbocycles. The summed E-state index contributed by atoms with van der Waals surface area (Å²) in [4.78, 5) is 2.59. The number of likely N-dealkylation sites (tertiary alicyclic amines) is 1. The molecule has 88 valence electrons. The highest BCUT2D eigenvalue weighted by molar-refractivity contribution is 9.10. The first kappa shape index (κ1) is 12.6. The Bertz CT molecular complexity index is 365. The van der Waals surface area contributed by atoms with E-state index < -0.39 is 0 Å². The minimum Gasteiger partial charge on any atom is -0.295 e. The summed E-state index contributed by atoms with van der Waals surface area (Å²) in [6.45, 7) is 4.53. The molecule has 0 saturated carbocycles. The molecule has 0 spiro atoms. The molecule has 1 aromatic carbocycles. The topological polar surface area (TPSA) is 3.24 Å². The molecule has 16 heavy (non-hydrogen) atoms. The molecular weight excluding hydrogens is 330 g/mol. The van der Waals surface area contributed by atoms with Gasteiger partial charge < -0.3 is 0 Å². The van der Waals surface area contributed by atoms with Crippen molar-refractivity contribution < 1.29 is 0 Å². The summed E-state index contributed by atoms with van der Waals surface area (Å²) < 4.78 is 1.17. The van der Waals surface area contributed by atoms with E-state index in [1.165, 1.54) is 35.0 Å². The van der Waals surface area contributed by atoms with Crippen LogP contribution in [-0.4, -0.2) is 22.8 Å². The highest BCUT2D eigenvalue weighted by atomic mass is 79.9. The molecule has 1 nitrogen and oxygen atoms in total. The number of hydrogen-bond donors (Lipinski definition) is 0. The van der Waals surface area contributed by atoms with Crippen LogP contribution in [0, 0.1) is 6.92 Å². The fraction of sp³-hybridized carbons (Fsp3) is 0.538. The summed E-state index contributed by atoms with van der Waals surface area (Å²) >= 11 is 7.12. The molecule has 1 heterocycles. The Kier molecular flexibility index (Phi) is 4.45. The zero-order valence-electron chi connectivity index (χ0n) is 9.55. The van der Waals surface area contributed by atoms with E-state index in [1.807, 2.05) is 0 Å². The van der Waals surface area contributed by atoms with Crippen molar-refractivity contribution >= 4 is 31.9 Å². The van der Waals surface area contributed by atoms with E-state index in [4.69, 9.17) is 0 Å². The summed E-state index contributed by atoms with van der Waals surface area (Å²) in [5, 5.41) is 1.10. The van der Waals surface area contributed by atoms with Crippen LogP contribution in [0.15, 0.2) is 22.7 Å². The Morgan fingerprint density at radius 2 is 2.25 bits per heavy atom. The second kappa shape index (κ2) is 5.65. The molecule has 0 radical (unpaired) electrons. The van der Waals surface area contributed by atoms with Gasteiger partial charge in [-0.2, -0.15) is 0 Å². The molecule has 1 fully saturated rings. The van der Waals surface area contributed by atoms with Crippen LogP contribution < -0.4 is 0 Å². The monoisotopic (exact) mass is 345 g/mol. The molecule has 1 saturated heterocycles. The molecule has 0 N–H and O–H groups in total. The maximum atomic E-state index is 3.61. The lowest BCUT2D eigenvalue weighted by Gasteiger charge is -2.23. The minimum absolute atomic E-state index is 0.725. The molecule has 0 aromatic heterocycles. The molecule has 0 bridgehead atoms. The first-order valence-corrected chi connectivity index (χ1v) is 7.67. The van der Waals surface area contributed by atoms with E-state index in [-0.39, 0.29) is 0 Å². The predicted molar refractivity (Wildman–Crippen MR) is 76.1 cm³/mol.